The van der Waals surface area contributed by atoms with Crippen LogP contribution in [0.25, 0.3) is 0 Å². The highest BCUT2D eigenvalue weighted by Crippen LogP contribution is 2.58. The Bertz CT molecular complexity index is 632. The zero-order valence-electron chi connectivity index (χ0n) is 12.1. The van der Waals surface area contributed by atoms with Crippen LogP contribution in [0.3, 0.4) is 0 Å². The van der Waals surface area contributed by atoms with Crippen molar-refractivity contribution < 1.29 is 8.42 Å². The molecule has 4 fully saturated rings. The molecule has 4 aliphatic carbocycles. The van der Waals surface area contributed by atoms with E-state index >= 15 is 0 Å². The topological polar surface area (TPSA) is 37.4 Å². The molecule has 1 heterocycles. The number of thiophene rings is 1. The van der Waals surface area contributed by atoms with Crippen molar-refractivity contribution in [3.8, 4) is 0 Å². The normalized spacial score (nSPS) is 38.3. The van der Waals surface area contributed by atoms with Crippen molar-refractivity contribution in [3.05, 3.63) is 16.5 Å². The molecule has 5 rings (SSSR count). The Morgan fingerprint density at radius 2 is 1.67 bits per heavy atom. The van der Waals surface area contributed by atoms with Crippen LogP contribution < -0.4 is 0 Å². The van der Waals surface area contributed by atoms with Gasteiger partial charge in [-0.25, -0.2) is 8.42 Å². The number of halogens is 1. The highest BCUT2D eigenvalue weighted by Gasteiger charge is 2.55. The Hall–Kier alpha value is -0.100. The molecule has 4 saturated carbocycles. The van der Waals surface area contributed by atoms with Crippen molar-refractivity contribution in [2.75, 3.05) is 7.05 Å². The molecule has 0 spiro atoms. The smallest absolute Gasteiger partial charge is 0.206 e. The molecule has 0 radical (unpaired) electrons. The van der Waals surface area contributed by atoms with Crippen molar-refractivity contribution in [2.24, 2.45) is 17.8 Å². The summed E-state index contributed by atoms with van der Waals surface area (Å²) in [6.45, 7) is 0. The maximum absolute atomic E-state index is 12.9. The lowest BCUT2D eigenvalue weighted by molar-refractivity contribution is -0.0495. The fourth-order valence-electron chi connectivity index (χ4n) is 5.28. The van der Waals surface area contributed by atoms with Gasteiger partial charge in [0.15, 0.2) is 0 Å². The van der Waals surface area contributed by atoms with Gasteiger partial charge in [0.05, 0.1) is 4.34 Å². The maximum atomic E-state index is 12.9. The largest absolute Gasteiger partial charge is 0.252 e. The van der Waals surface area contributed by atoms with Crippen molar-refractivity contribution in [1.29, 1.82) is 0 Å². The number of hydrogen-bond acceptors (Lipinski definition) is 3. The number of sulfonamides is 1. The van der Waals surface area contributed by atoms with E-state index in [-0.39, 0.29) is 5.54 Å². The van der Waals surface area contributed by atoms with Crippen LogP contribution in [0.15, 0.2) is 16.3 Å². The average molecular weight is 346 g/mol. The molecule has 0 unspecified atom stereocenters. The summed E-state index contributed by atoms with van der Waals surface area (Å²) in [6, 6.07) is 3.31. The lowest BCUT2D eigenvalue weighted by Gasteiger charge is -2.59. The molecule has 4 bridgehead atoms. The summed E-state index contributed by atoms with van der Waals surface area (Å²) < 4.78 is 28.5. The second kappa shape index (κ2) is 4.70. The van der Waals surface area contributed by atoms with Gasteiger partial charge in [0.25, 0.3) is 10.0 Å². The van der Waals surface area contributed by atoms with Gasteiger partial charge in [-0.3, -0.25) is 0 Å². The van der Waals surface area contributed by atoms with Gasteiger partial charge in [-0.1, -0.05) is 11.6 Å². The summed E-state index contributed by atoms with van der Waals surface area (Å²) in [5.41, 5.74) is -0.135. The Morgan fingerprint density at radius 1 is 1.14 bits per heavy atom. The minimum atomic E-state index is -3.41. The van der Waals surface area contributed by atoms with E-state index in [1.54, 1.807) is 23.5 Å². The molecular formula is C15H20ClNO2S2. The van der Waals surface area contributed by atoms with E-state index in [9.17, 15) is 8.42 Å². The first-order valence-electron chi connectivity index (χ1n) is 7.63. The van der Waals surface area contributed by atoms with Crippen LogP contribution in [-0.4, -0.2) is 25.3 Å². The van der Waals surface area contributed by atoms with Crippen molar-refractivity contribution >= 4 is 33.0 Å². The number of rotatable bonds is 3. The van der Waals surface area contributed by atoms with E-state index in [1.165, 1.54) is 19.3 Å². The van der Waals surface area contributed by atoms with Crippen LogP contribution in [0.5, 0.6) is 0 Å². The second-order valence-electron chi connectivity index (χ2n) is 7.17. The molecule has 3 nitrogen and oxygen atoms in total. The third-order valence-electron chi connectivity index (χ3n) is 5.84. The van der Waals surface area contributed by atoms with Crippen LogP contribution in [-0.2, 0) is 10.0 Å². The third kappa shape index (κ3) is 2.19. The summed E-state index contributed by atoms with van der Waals surface area (Å²) >= 11 is 7.09. The Morgan fingerprint density at radius 3 is 2.10 bits per heavy atom. The number of nitrogens with zero attached hydrogens (tertiary/aromatic N) is 1. The van der Waals surface area contributed by atoms with E-state index in [0.29, 0.717) is 8.55 Å². The molecule has 6 heteroatoms. The fourth-order valence-corrected chi connectivity index (χ4v) is 8.46. The SMILES string of the molecule is CN(C12CC3CC(CC(C3)C1)C2)S(=O)(=O)c1ccc(Cl)s1. The molecule has 116 valence electrons. The molecule has 0 atom stereocenters. The highest BCUT2D eigenvalue weighted by atomic mass is 35.5. The van der Waals surface area contributed by atoms with E-state index in [2.05, 4.69) is 0 Å². The standard InChI is InChI=1S/C15H20ClNO2S2/c1-17(21(18,19)14-3-2-13(16)20-14)15-7-10-4-11(8-15)6-12(5-10)9-15/h2-3,10-12H,4-9H2,1H3. The lowest BCUT2D eigenvalue weighted by Crippen LogP contribution is -2.60. The van der Waals surface area contributed by atoms with Gasteiger partial charge in [0, 0.05) is 12.6 Å². The Labute approximate surface area is 135 Å². The monoisotopic (exact) mass is 345 g/mol. The van der Waals surface area contributed by atoms with Crippen molar-refractivity contribution in [1.82, 2.24) is 4.31 Å². The zero-order chi connectivity index (χ0) is 14.8. The van der Waals surface area contributed by atoms with E-state index in [1.807, 2.05) is 0 Å². The van der Waals surface area contributed by atoms with Gasteiger partial charge in [-0.2, -0.15) is 4.31 Å². The van der Waals surface area contributed by atoms with Gasteiger partial charge >= 0.3 is 0 Å². The molecule has 1 aromatic heterocycles. The van der Waals surface area contributed by atoms with E-state index < -0.39 is 10.0 Å². The van der Waals surface area contributed by atoms with Gasteiger partial charge < -0.3 is 0 Å². The van der Waals surface area contributed by atoms with Crippen LogP contribution >= 0.6 is 22.9 Å². The maximum Gasteiger partial charge on any atom is 0.252 e. The molecule has 0 amide bonds. The van der Waals surface area contributed by atoms with Crippen LogP contribution in [0, 0.1) is 17.8 Å². The third-order valence-corrected chi connectivity index (χ3v) is 9.50. The van der Waals surface area contributed by atoms with E-state index in [4.69, 9.17) is 11.6 Å². The molecule has 0 aliphatic heterocycles. The summed E-state index contributed by atoms with van der Waals surface area (Å²) in [5, 5.41) is 0. The molecule has 0 aromatic carbocycles. The van der Waals surface area contributed by atoms with Crippen molar-refractivity contribution in [3.63, 3.8) is 0 Å². The highest BCUT2D eigenvalue weighted by molar-refractivity contribution is 7.91. The molecule has 21 heavy (non-hydrogen) atoms. The lowest BCUT2D eigenvalue weighted by atomic mass is 9.53. The molecule has 4 aliphatic rings. The quantitative estimate of drug-likeness (QED) is 0.830. The minimum absolute atomic E-state index is 0.135. The molecule has 0 saturated heterocycles. The minimum Gasteiger partial charge on any atom is -0.206 e. The predicted molar refractivity (Wildman–Crippen MR) is 85.2 cm³/mol. The Kier molecular flexibility index (Phi) is 3.24. The second-order valence-corrected chi connectivity index (χ2v) is 11.1. The van der Waals surface area contributed by atoms with Crippen molar-refractivity contribution in [2.45, 2.75) is 48.3 Å². The van der Waals surface area contributed by atoms with Gasteiger partial charge in [0.1, 0.15) is 4.21 Å². The summed E-state index contributed by atoms with van der Waals surface area (Å²) in [6.07, 6.45) is 7.10. The van der Waals surface area contributed by atoms with Gasteiger partial charge in [0.2, 0.25) is 0 Å². The summed E-state index contributed by atoms with van der Waals surface area (Å²) in [4.78, 5) is 0. The molecular weight excluding hydrogens is 326 g/mol. The summed E-state index contributed by atoms with van der Waals surface area (Å²) in [7, 11) is -1.63. The van der Waals surface area contributed by atoms with Gasteiger partial charge in [-0.15, -0.1) is 11.3 Å². The Balaban J connectivity index is 1.69. The molecule has 0 N–H and O–H groups in total. The first-order valence-corrected chi connectivity index (χ1v) is 10.3. The predicted octanol–water partition coefficient (Wildman–Crippen LogP) is 3.99. The number of hydrogen-bond donors (Lipinski definition) is 0. The van der Waals surface area contributed by atoms with Crippen LogP contribution in [0.4, 0.5) is 0 Å². The molecule has 1 aromatic rings. The van der Waals surface area contributed by atoms with E-state index in [0.717, 1.165) is 48.4 Å². The van der Waals surface area contributed by atoms with Gasteiger partial charge in [-0.05, 0) is 68.4 Å². The van der Waals surface area contributed by atoms with Crippen LogP contribution in [0.2, 0.25) is 4.34 Å². The fraction of sp³-hybridized carbons (Fsp3) is 0.733. The first kappa shape index (κ1) is 14.5. The van der Waals surface area contributed by atoms with Crippen LogP contribution in [0.1, 0.15) is 38.5 Å². The first-order chi connectivity index (χ1) is 9.89. The zero-order valence-corrected chi connectivity index (χ0v) is 14.5. The average Bonchev–Trinajstić information content (AvgIpc) is 2.83. The summed E-state index contributed by atoms with van der Waals surface area (Å²) in [5.74, 6) is 2.21.